The number of carbonyl (C=O) groups excluding carboxylic acids is 1. The van der Waals surface area contributed by atoms with Crippen LogP contribution in [-0.4, -0.2) is 39.8 Å². The number of fused-ring (bicyclic) bond motifs is 1. The number of hydrogen-bond acceptors (Lipinski definition) is 5. The number of benzene rings is 1. The fourth-order valence-electron chi connectivity index (χ4n) is 2.93. The van der Waals surface area contributed by atoms with Crippen LogP contribution in [-0.2, 0) is 4.74 Å². The summed E-state index contributed by atoms with van der Waals surface area (Å²) in [6.07, 6.45) is 7.39. The van der Waals surface area contributed by atoms with Crippen molar-refractivity contribution >= 4 is 17.2 Å². The van der Waals surface area contributed by atoms with Crippen LogP contribution in [0.4, 0.5) is 5.69 Å². The quantitative estimate of drug-likeness (QED) is 0.764. The summed E-state index contributed by atoms with van der Waals surface area (Å²) in [6.45, 7) is 3.30. The Morgan fingerprint density at radius 1 is 1.35 bits per heavy atom. The van der Waals surface area contributed by atoms with Gasteiger partial charge in [0.05, 0.1) is 12.3 Å². The molecule has 1 fully saturated rings. The topological polar surface area (TPSA) is 77.8 Å². The van der Waals surface area contributed by atoms with E-state index >= 15 is 0 Å². The minimum absolute atomic E-state index is 0.182. The first-order valence-corrected chi connectivity index (χ1v) is 8.65. The summed E-state index contributed by atoms with van der Waals surface area (Å²) in [4.78, 5) is 16.8. The Kier molecular flexibility index (Phi) is 4.53. The van der Waals surface area contributed by atoms with Crippen molar-refractivity contribution in [1.82, 2.24) is 14.6 Å². The number of aromatic nitrogens is 3. The van der Waals surface area contributed by atoms with E-state index in [2.05, 4.69) is 15.4 Å². The molecule has 26 heavy (non-hydrogen) atoms. The molecule has 1 aliphatic rings. The van der Waals surface area contributed by atoms with Crippen molar-refractivity contribution < 1.29 is 14.3 Å². The first kappa shape index (κ1) is 16.5. The second-order valence-corrected chi connectivity index (χ2v) is 6.38. The molecule has 1 aromatic carbocycles. The third kappa shape index (κ3) is 3.52. The summed E-state index contributed by atoms with van der Waals surface area (Å²) in [5.41, 5.74) is 2.63. The van der Waals surface area contributed by atoms with E-state index in [4.69, 9.17) is 9.47 Å². The highest BCUT2D eigenvalue weighted by molar-refractivity contribution is 6.08. The largest absolute Gasteiger partial charge is 0.491 e. The first-order valence-electron chi connectivity index (χ1n) is 8.65. The van der Waals surface area contributed by atoms with Gasteiger partial charge < -0.3 is 14.8 Å². The van der Waals surface area contributed by atoms with Gasteiger partial charge in [0.1, 0.15) is 17.9 Å². The highest BCUT2D eigenvalue weighted by Crippen LogP contribution is 2.19. The lowest BCUT2D eigenvalue weighted by atomic mass is 10.2. The molecule has 0 saturated carbocycles. The Morgan fingerprint density at radius 2 is 2.19 bits per heavy atom. The van der Waals surface area contributed by atoms with E-state index in [1.165, 1.54) is 6.20 Å². The maximum Gasteiger partial charge on any atom is 0.261 e. The van der Waals surface area contributed by atoms with Crippen LogP contribution in [0, 0.1) is 6.92 Å². The Hall–Kier alpha value is -2.93. The van der Waals surface area contributed by atoms with Gasteiger partial charge in [0.15, 0.2) is 5.65 Å². The highest BCUT2D eigenvalue weighted by atomic mass is 16.5. The Labute approximate surface area is 151 Å². The van der Waals surface area contributed by atoms with E-state index in [9.17, 15) is 4.79 Å². The number of rotatable bonds is 5. The third-order valence-electron chi connectivity index (χ3n) is 4.30. The van der Waals surface area contributed by atoms with Gasteiger partial charge in [0.2, 0.25) is 0 Å². The molecule has 3 heterocycles. The van der Waals surface area contributed by atoms with Crippen LogP contribution in [0.15, 0.2) is 42.9 Å². The number of ether oxygens (including phenoxy) is 2. The van der Waals surface area contributed by atoms with Crippen molar-refractivity contribution in [2.24, 2.45) is 0 Å². The van der Waals surface area contributed by atoms with Crippen molar-refractivity contribution in [2.45, 2.75) is 25.9 Å². The first-order chi connectivity index (χ1) is 12.7. The summed E-state index contributed by atoms with van der Waals surface area (Å²) in [7, 11) is 0. The molecular formula is C19H20N4O3. The molecular weight excluding hydrogens is 332 g/mol. The molecule has 1 aliphatic heterocycles. The van der Waals surface area contributed by atoms with Gasteiger partial charge in [-0.15, -0.1) is 0 Å². The number of amides is 1. The second-order valence-electron chi connectivity index (χ2n) is 6.38. The molecule has 4 rings (SSSR count). The predicted molar refractivity (Wildman–Crippen MR) is 96.6 cm³/mol. The minimum Gasteiger partial charge on any atom is -0.491 e. The third-order valence-corrected chi connectivity index (χ3v) is 4.30. The summed E-state index contributed by atoms with van der Waals surface area (Å²) in [5.74, 6) is 0.510. The summed E-state index contributed by atoms with van der Waals surface area (Å²) in [5, 5.41) is 7.04. The van der Waals surface area contributed by atoms with E-state index in [0.717, 1.165) is 30.8 Å². The average molecular weight is 352 g/mol. The van der Waals surface area contributed by atoms with Crippen LogP contribution < -0.4 is 10.1 Å². The molecule has 2 aromatic heterocycles. The molecule has 1 unspecified atom stereocenters. The maximum atomic E-state index is 12.5. The van der Waals surface area contributed by atoms with Crippen LogP contribution in [0.1, 0.15) is 28.8 Å². The fourth-order valence-corrected chi connectivity index (χ4v) is 2.93. The lowest BCUT2D eigenvalue weighted by Crippen LogP contribution is -2.16. The fraction of sp³-hybridized carbons (Fsp3) is 0.316. The summed E-state index contributed by atoms with van der Waals surface area (Å²) < 4.78 is 12.9. The Bertz CT molecular complexity index is 914. The lowest BCUT2D eigenvalue weighted by molar-refractivity contribution is 0.0679. The zero-order valence-electron chi connectivity index (χ0n) is 14.5. The minimum atomic E-state index is -0.246. The van der Waals surface area contributed by atoms with Crippen molar-refractivity contribution in [2.75, 3.05) is 18.5 Å². The van der Waals surface area contributed by atoms with Crippen LogP contribution in [0.2, 0.25) is 0 Å². The molecule has 0 spiro atoms. The molecule has 1 atom stereocenters. The molecule has 7 nitrogen and oxygen atoms in total. The van der Waals surface area contributed by atoms with Crippen molar-refractivity contribution in [1.29, 1.82) is 0 Å². The Morgan fingerprint density at radius 3 is 2.96 bits per heavy atom. The number of hydrogen-bond donors (Lipinski definition) is 1. The zero-order chi connectivity index (χ0) is 17.9. The van der Waals surface area contributed by atoms with Crippen molar-refractivity contribution in [3.05, 3.63) is 54.0 Å². The van der Waals surface area contributed by atoms with Crippen LogP contribution in [0.25, 0.3) is 5.65 Å². The molecule has 0 bridgehead atoms. The zero-order valence-corrected chi connectivity index (χ0v) is 14.5. The number of aryl methyl sites for hydroxylation is 1. The van der Waals surface area contributed by atoms with E-state index in [-0.39, 0.29) is 12.0 Å². The van der Waals surface area contributed by atoms with Crippen LogP contribution in [0.5, 0.6) is 5.75 Å². The second kappa shape index (κ2) is 7.13. The van der Waals surface area contributed by atoms with Gasteiger partial charge in [0.25, 0.3) is 5.91 Å². The molecule has 0 radical (unpaired) electrons. The number of anilines is 1. The van der Waals surface area contributed by atoms with Gasteiger partial charge in [-0.25, -0.2) is 9.50 Å². The SMILES string of the molecule is Cc1cnc2c(C(=O)Nc3ccc(OCC4CCCO4)cc3)cnn2c1. The number of nitrogens with zero attached hydrogens (tertiary/aromatic N) is 3. The molecule has 7 heteroatoms. The number of carbonyl (C=O) groups is 1. The van der Waals surface area contributed by atoms with Gasteiger partial charge >= 0.3 is 0 Å². The van der Waals surface area contributed by atoms with E-state index in [0.29, 0.717) is 23.5 Å². The highest BCUT2D eigenvalue weighted by Gasteiger charge is 2.16. The van der Waals surface area contributed by atoms with E-state index in [1.807, 2.05) is 37.4 Å². The van der Waals surface area contributed by atoms with Crippen molar-refractivity contribution in [3.63, 3.8) is 0 Å². The van der Waals surface area contributed by atoms with E-state index < -0.39 is 0 Å². The van der Waals surface area contributed by atoms with Gasteiger partial charge in [-0.3, -0.25) is 4.79 Å². The molecule has 0 aliphatic carbocycles. The van der Waals surface area contributed by atoms with Gasteiger partial charge in [-0.1, -0.05) is 0 Å². The summed E-state index contributed by atoms with van der Waals surface area (Å²) >= 11 is 0. The molecule has 1 amide bonds. The Balaban J connectivity index is 1.40. The van der Waals surface area contributed by atoms with Gasteiger partial charge in [0, 0.05) is 24.7 Å². The smallest absolute Gasteiger partial charge is 0.261 e. The standard InChI is InChI=1S/C19H20N4O3/c1-13-9-20-18-17(10-21-23(18)11-13)19(24)22-14-4-6-15(7-5-14)26-12-16-3-2-8-25-16/h4-7,9-11,16H,2-3,8,12H2,1H3,(H,22,24). The summed E-state index contributed by atoms with van der Waals surface area (Å²) in [6, 6.07) is 7.29. The molecule has 1 saturated heterocycles. The molecule has 134 valence electrons. The van der Waals surface area contributed by atoms with Crippen LogP contribution >= 0.6 is 0 Å². The number of nitrogens with one attached hydrogen (secondary N) is 1. The normalized spacial score (nSPS) is 16.7. The molecule has 1 N–H and O–H groups in total. The van der Waals surface area contributed by atoms with Crippen LogP contribution in [0.3, 0.4) is 0 Å². The monoisotopic (exact) mass is 352 g/mol. The van der Waals surface area contributed by atoms with Crippen molar-refractivity contribution in [3.8, 4) is 5.75 Å². The maximum absolute atomic E-state index is 12.5. The van der Waals surface area contributed by atoms with Gasteiger partial charge in [-0.2, -0.15) is 5.10 Å². The lowest BCUT2D eigenvalue weighted by Gasteiger charge is -2.12. The van der Waals surface area contributed by atoms with E-state index in [1.54, 1.807) is 10.7 Å². The average Bonchev–Trinajstić information content (AvgIpc) is 3.30. The molecule has 3 aromatic rings. The predicted octanol–water partition coefficient (Wildman–Crippen LogP) is 2.85. The van der Waals surface area contributed by atoms with Gasteiger partial charge in [-0.05, 0) is 49.6 Å².